The number of hydrogen-bond donors (Lipinski definition) is 1. The third-order valence-corrected chi connectivity index (χ3v) is 4.15. The summed E-state index contributed by atoms with van der Waals surface area (Å²) in [7, 11) is 0. The Morgan fingerprint density at radius 3 is 2.56 bits per heavy atom. The second-order valence-electron chi connectivity index (χ2n) is 5.45. The number of rotatable bonds is 4. The van der Waals surface area contributed by atoms with Crippen molar-refractivity contribution in [1.82, 2.24) is 5.32 Å². The quantitative estimate of drug-likeness (QED) is 0.899. The fraction of sp³-hybridized carbons (Fsp3) is 0.600. The van der Waals surface area contributed by atoms with Crippen LogP contribution in [0.1, 0.15) is 37.3 Å². The van der Waals surface area contributed by atoms with Crippen molar-refractivity contribution in [1.29, 1.82) is 0 Å². The number of nitrogens with one attached hydrogen (secondary N) is 1. The summed E-state index contributed by atoms with van der Waals surface area (Å²) in [6.07, 6.45) is 5.09. The first-order valence-electron chi connectivity index (χ1n) is 6.92. The van der Waals surface area contributed by atoms with E-state index in [0.717, 1.165) is 24.2 Å². The number of hydrogen-bond acceptors (Lipinski definition) is 2. The molecule has 0 spiro atoms. The van der Waals surface area contributed by atoms with Gasteiger partial charge in [0.25, 0.3) is 0 Å². The molecule has 3 rings (SSSR count). The minimum atomic E-state index is 0.481. The van der Waals surface area contributed by atoms with Crippen LogP contribution < -0.4 is 5.32 Å². The van der Waals surface area contributed by atoms with Gasteiger partial charge in [-0.2, -0.15) is 0 Å². The highest BCUT2D eigenvalue weighted by atomic mass is 35.5. The minimum absolute atomic E-state index is 0.481. The van der Waals surface area contributed by atoms with Crippen molar-refractivity contribution >= 4 is 11.6 Å². The first-order chi connectivity index (χ1) is 8.83. The molecule has 0 aromatic heterocycles. The molecule has 0 amide bonds. The molecule has 1 aliphatic heterocycles. The Bertz CT molecular complexity index is 382. The Hall–Kier alpha value is -0.570. The zero-order valence-corrected chi connectivity index (χ0v) is 11.3. The third kappa shape index (κ3) is 3.05. The van der Waals surface area contributed by atoms with Gasteiger partial charge in [0.15, 0.2) is 0 Å². The summed E-state index contributed by atoms with van der Waals surface area (Å²) >= 11 is 5.96. The minimum Gasteiger partial charge on any atom is -0.380 e. The molecule has 18 heavy (non-hydrogen) atoms. The van der Waals surface area contributed by atoms with Crippen LogP contribution in [0, 0.1) is 5.92 Å². The van der Waals surface area contributed by atoms with Crippen LogP contribution in [-0.2, 0) is 4.74 Å². The molecule has 1 saturated carbocycles. The van der Waals surface area contributed by atoms with Crippen molar-refractivity contribution < 1.29 is 4.74 Å². The lowest BCUT2D eigenvalue weighted by molar-refractivity contribution is 0.0652. The maximum atomic E-state index is 5.96. The number of ether oxygens (including phenoxy) is 1. The standard InChI is InChI=1S/C15H20ClNO/c16-13-7-5-12(6-8-13)15(11-3-4-11)17-14-2-1-9-18-10-14/h5-8,11,14-15,17H,1-4,9-10H2. The highest BCUT2D eigenvalue weighted by Gasteiger charge is 2.33. The monoisotopic (exact) mass is 265 g/mol. The molecule has 1 N–H and O–H groups in total. The van der Waals surface area contributed by atoms with E-state index in [-0.39, 0.29) is 0 Å². The van der Waals surface area contributed by atoms with Gasteiger partial charge in [-0.15, -0.1) is 0 Å². The van der Waals surface area contributed by atoms with Gasteiger partial charge in [0.05, 0.1) is 6.61 Å². The summed E-state index contributed by atoms with van der Waals surface area (Å²) in [5.41, 5.74) is 1.37. The Morgan fingerprint density at radius 1 is 1.17 bits per heavy atom. The number of benzene rings is 1. The molecule has 2 nitrogen and oxygen atoms in total. The van der Waals surface area contributed by atoms with Crippen LogP contribution in [0.4, 0.5) is 0 Å². The molecular formula is C15H20ClNO. The predicted octanol–water partition coefficient (Wildman–Crippen LogP) is 3.56. The Kier molecular flexibility index (Phi) is 3.88. The van der Waals surface area contributed by atoms with E-state index in [1.807, 2.05) is 12.1 Å². The summed E-state index contributed by atoms with van der Waals surface area (Å²) in [6, 6.07) is 9.29. The van der Waals surface area contributed by atoms with Crippen molar-refractivity contribution in [3.8, 4) is 0 Å². The Morgan fingerprint density at radius 2 is 1.94 bits per heavy atom. The molecule has 1 aromatic carbocycles. The molecule has 1 aromatic rings. The summed E-state index contributed by atoms with van der Waals surface area (Å²) in [5, 5.41) is 4.60. The van der Waals surface area contributed by atoms with Crippen molar-refractivity contribution in [3.63, 3.8) is 0 Å². The highest BCUT2D eigenvalue weighted by molar-refractivity contribution is 6.30. The predicted molar refractivity (Wildman–Crippen MR) is 73.9 cm³/mol. The van der Waals surface area contributed by atoms with Crippen molar-refractivity contribution in [3.05, 3.63) is 34.9 Å². The molecule has 2 atom stereocenters. The van der Waals surface area contributed by atoms with Crippen molar-refractivity contribution in [2.24, 2.45) is 5.92 Å². The second-order valence-corrected chi connectivity index (χ2v) is 5.88. The van der Waals surface area contributed by atoms with Gasteiger partial charge in [-0.3, -0.25) is 0 Å². The van der Waals surface area contributed by atoms with Crippen LogP contribution in [0.15, 0.2) is 24.3 Å². The SMILES string of the molecule is Clc1ccc(C(NC2CCCOC2)C2CC2)cc1. The molecule has 1 aliphatic carbocycles. The van der Waals surface area contributed by atoms with Crippen LogP contribution in [0.25, 0.3) is 0 Å². The molecule has 0 radical (unpaired) electrons. The zero-order valence-electron chi connectivity index (χ0n) is 10.6. The van der Waals surface area contributed by atoms with Crippen LogP contribution in [0.3, 0.4) is 0 Å². The van der Waals surface area contributed by atoms with E-state index in [2.05, 4.69) is 17.4 Å². The van der Waals surface area contributed by atoms with E-state index < -0.39 is 0 Å². The Balaban J connectivity index is 1.69. The molecule has 98 valence electrons. The molecule has 3 heteroatoms. The van der Waals surface area contributed by atoms with E-state index in [0.29, 0.717) is 12.1 Å². The Labute approximate surface area is 114 Å². The normalized spacial score (nSPS) is 25.9. The zero-order chi connectivity index (χ0) is 12.4. The fourth-order valence-corrected chi connectivity index (χ4v) is 2.86. The average molecular weight is 266 g/mol. The van der Waals surface area contributed by atoms with Crippen molar-refractivity contribution in [2.75, 3.05) is 13.2 Å². The van der Waals surface area contributed by atoms with E-state index in [4.69, 9.17) is 16.3 Å². The number of halogens is 1. The van der Waals surface area contributed by atoms with Crippen molar-refractivity contribution in [2.45, 2.75) is 37.8 Å². The van der Waals surface area contributed by atoms with Crippen LogP contribution in [0.5, 0.6) is 0 Å². The van der Waals surface area contributed by atoms with Gasteiger partial charge in [0.2, 0.25) is 0 Å². The smallest absolute Gasteiger partial charge is 0.0619 e. The summed E-state index contributed by atoms with van der Waals surface area (Å²) in [4.78, 5) is 0. The summed E-state index contributed by atoms with van der Waals surface area (Å²) in [6.45, 7) is 1.78. The highest BCUT2D eigenvalue weighted by Crippen LogP contribution is 2.41. The first kappa shape index (κ1) is 12.5. The first-order valence-corrected chi connectivity index (χ1v) is 7.30. The van der Waals surface area contributed by atoms with E-state index >= 15 is 0 Å². The van der Waals surface area contributed by atoms with Gasteiger partial charge >= 0.3 is 0 Å². The lowest BCUT2D eigenvalue weighted by Gasteiger charge is -2.29. The van der Waals surface area contributed by atoms with Crippen LogP contribution in [0.2, 0.25) is 5.02 Å². The fourth-order valence-electron chi connectivity index (χ4n) is 2.73. The average Bonchev–Trinajstić information content (AvgIpc) is 3.23. The van der Waals surface area contributed by atoms with Crippen LogP contribution in [-0.4, -0.2) is 19.3 Å². The molecule has 2 aliphatic rings. The molecule has 2 unspecified atom stereocenters. The van der Waals surface area contributed by atoms with Gasteiger partial charge in [0.1, 0.15) is 0 Å². The molecule has 1 heterocycles. The largest absolute Gasteiger partial charge is 0.380 e. The third-order valence-electron chi connectivity index (χ3n) is 3.90. The van der Waals surface area contributed by atoms with Gasteiger partial charge < -0.3 is 10.1 Å². The second kappa shape index (κ2) is 5.60. The molecule has 2 fully saturated rings. The van der Waals surface area contributed by atoms with Gasteiger partial charge in [-0.1, -0.05) is 23.7 Å². The van der Waals surface area contributed by atoms with E-state index in [9.17, 15) is 0 Å². The molecular weight excluding hydrogens is 246 g/mol. The molecule has 0 bridgehead atoms. The van der Waals surface area contributed by atoms with E-state index in [1.54, 1.807) is 0 Å². The van der Waals surface area contributed by atoms with E-state index in [1.165, 1.54) is 31.2 Å². The van der Waals surface area contributed by atoms with Gasteiger partial charge in [-0.25, -0.2) is 0 Å². The molecule has 1 saturated heterocycles. The van der Waals surface area contributed by atoms with Gasteiger partial charge in [0, 0.05) is 23.7 Å². The lowest BCUT2D eigenvalue weighted by Crippen LogP contribution is -2.39. The lowest BCUT2D eigenvalue weighted by atomic mass is 10.00. The maximum Gasteiger partial charge on any atom is 0.0619 e. The summed E-state index contributed by atoms with van der Waals surface area (Å²) in [5.74, 6) is 0.799. The van der Waals surface area contributed by atoms with Crippen LogP contribution >= 0.6 is 11.6 Å². The van der Waals surface area contributed by atoms with Gasteiger partial charge in [-0.05, 0) is 49.3 Å². The maximum absolute atomic E-state index is 5.96. The summed E-state index contributed by atoms with van der Waals surface area (Å²) < 4.78 is 5.55. The topological polar surface area (TPSA) is 21.3 Å².